The summed E-state index contributed by atoms with van der Waals surface area (Å²) in [5, 5.41) is 3.77. The molecule has 0 spiro atoms. The summed E-state index contributed by atoms with van der Waals surface area (Å²) in [6.07, 6.45) is 2.65. The molecule has 32 heavy (non-hydrogen) atoms. The highest BCUT2D eigenvalue weighted by Gasteiger charge is 2.26. The summed E-state index contributed by atoms with van der Waals surface area (Å²) in [6, 6.07) is 4.66. The van der Waals surface area contributed by atoms with Crippen LogP contribution in [0.1, 0.15) is 47.2 Å². The first kappa shape index (κ1) is 22.8. The van der Waals surface area contributed by atoms with E-state index in [4.69, 9.17) is 27.9 Å². The number of fused-ring (bicyclic) bond motifs is 2. The second kappa shape index (κ2) is 9.21. The molecule has 0 bridgehead atoms. The molecule has 1 aliphatic rings. The van der Waals surface area contributed by atoms with Gasteiger partial charge in [-0.05, 0) is 50.5 Å². The Kier molecular flexibility index (Phi) is 6.55. The van der Waals surface area contributed by atoms with Crippen LogP contribution in [0.5, 0.6) is 0 Å². The number of rotatable bonds is 4. The maximum absolute atomic E-state index is 13.1. The number of carbonyl (C=O) groups excluding carboxylic acids is 2. The zero-order valence-electron chi connectivity index (χ0n) is 17.5. The Morgan fingerprint density at radius 2 is 2.03 bits per heavy atom. The average molecular weight is 494 g/mol. The van der Waals surface area contributed by atoms with Crippen LogP contribution in [-0.2, 0) is 22.5 Å². The van der Waals surface area contributed by atoms with Gasteiger partial charge in [0.1, 0.15) is 15.5 Å². The quantitative estimate of drug-likeness (QED) is 0.517. The zero-order chi connectivity index (χ0) is 23.0. The van der Waals surface area contributed by atoms with Crippen LogP contribution < -0.4 is 10.9 Å². The molecule has 1 atom stereocenters. The lowest BCUT2D eigenvalue weighted by molar-refractivity contribution is -0.123. The highest BCUT2D eigenvalue weighted by molar-refractivity contribution is 7.20. The Labute approximate surface area is 198 Å². The van der Waals surface area contributed by atoms with Gasteiger partial charge in [-0.2, -0.15) is 0 Å². The number of amides is 1. The van der Waals surface area contributed by atoms with E-state index in [1.807, 2.05) is 0 Å². The number of carbonyl (C=O) groups is 2. The number of nitrogens with zero attached hydrogens (tertiary/aromatic N) is 2. The Balaban J connectivity index is 1.55. The van der Waals surface area contributed by atoms with Crippen LogP contribution in [0.4, 0.5) is 5.69 Å². The molecule has 3 heterocycles. The summed E-state index contributed by atoms with van der Waals surface area (Å²) in [4.78, 5) is 43.8. The number of thiophene rings is 1. The second-order valence-electron chi connectivity index (χ2n) is 7.69. The monoisotopic (exact) mass is 493 g/mol. The first-order valence-electron chi connectivity index (χ1n) is 10.3. The molecule has 0 aliphatic carbocycles. The predicted octanol–water partition coefficient (Wildman–Crippen LogP) is 4.98. The number of anilines is 1. The molecule has 7 nitrogen and oxygen atoms in total. The summed E-state index contributed by atoms with van der Waals surface area (Å²) in [6.45, 7) is 3.81. The van der Waals surface area contributed by atoms with Gasteiger partial charge >= 0.3 is 5.97 Å². The molecule has 1 aliphatic heterocycles. The van der Waals surface area contributed by atoms with Crippen LogP contribution in [0.2, 0.25) is 10.0 Å². The van der Waals surface area contributed by atoms with Gasteiger partial charge in [-0.1, -0.05) is 29.6 Å². The van der Waals surface area contributed by atoms with Gasteiger partial charge in [-0.3, -0.25) is 14.2 Å². The number of nitrogens with one attached hydrogen (secondary N) is 1. The molecule has 0 fully saturated rings. The fraction of sp³-hybridized carbons (Fsp3) is 0.364. The smallest absolute Gasteiger partial charge is 0.349 e. The van der Waals surface area contributed by atoms with Crippen molar-refractivity contribution >= 4 is 62.3 Å². The molecule has 1 aromatic carbocycles. The summed E-state index contributed by atoms with van der Waals surface area (Å²) in [7, 11) is 0. The van der Waals surface area contributed by atoms with Crippen molar-refractivity contribution in [2.45, 2.75) is 52.2 Å². The maximum atomic E-state index is 13.1. The Morgan fingerprint density at radius 1 is 1.25 bits per heavy atom. The first-order valence-corrected chi connectivity index (χ1v) is 11.8. The van der Waals surface area contributed by atoms with Gasteiger partial charge in [0, 0.05) is 18.0 Å². The largest absolute Gasteiger partial charge is 0.448 e. The lowest BCUT2D eigenvalue weighted by Crippen LogP contribution is -2.30. The fourth-order valence-electron chi connectivity index (χ4n) is 3.70. The summed E-state index contributed by atoms with van der Waals surface area (Å²) in [5.74, 6) is -0.449. The highest BCUT2D eigenvalue weighted by Crippen LogP contribution is 2.30. The van der Waals surface area contributed by atoms with Gasteiger partial charge in [-0.25, -0.2) is 9.78 Å². The molecule has 1 unspecified atom stereocenters. The average Bonchev–Trinajstić information content (AvgIpc) is 2.91. The molecular formula is C22H21Cl2N3O4S. The van der Waals surface area contributed by atoms with Crippen molar-refractivity contribution in [2.24, 2.45) is 0 Å². The van der Waals surface area contributed by atoms with Crippen molar-refractivity contribution in [3.05, 3.63) is 54.9 Å². The summed E-state index contributed by atoms with van der Waals surface area (Å²) < 4.78 is 7.10. The molecular weight excluding hydrogens is 473 g/mol. The van der Waals surface area contributed by atoms with E-state index in [0.717, 1.165) is 42.8 Å². The van der Waals surface area contributed by atoms with Crippen LogP contribution in [0.15, 0.2) is 23.0 Å². The molecule has 10 heteroatoms. The van der Waals surface area contributed by atoms with E-state index in [1.165, 1.54) is 13.0 Å². The zero-order valence-corrected chi connectivity index (χ0v) is 19.9. The van der Waals surface area contributed by atoms with Crippen molar-refractivity contribution in [2.75, 3.05) is 5.32 Å². The van der Waals surface area contributed by atoms with Crippen LogP contribution in [0.3, 0.4) is 0 Å². The number of ether oxygens (including phenoxy) is 1. The van der Waals surface area contributed by atoms with Crippen LogP contribution in [0, 0.1) is 6.92 Å². The number of halogens is 2. The lowest BCUT2D eigenvalue weighted by atomic mass is 10.2. The van der Waals surface area contributed by atoms with Crippen LogP contribution in [-0.4, -0.2) is 27.5 Å². The fourth-order valence-corrected chi connectivity index (χ4v) is 5.23. The van der Waals surface area contributed by atoms with Gasteiger partial charge in [0.05, 0.1) is 16.1 Å². The molecule has 168 valence electrons. The van der Waals surface area contributed by atoms with E-state index < -0.39 is 18.0 Å². The van der Waals surface area contributed by atoms with Crippen LogP contribution in [0.25, 0.3) is 10.2 Å². The molecule has 4 rings (SSSR count). The molecule has 1 N–H and O–H groups in total. The third-order valence-corrected chi connectivity index (χ3v) is 7.15. The van der Waals surface area contributed by atoms with Gasteiger partial charge < -0.3 is 10.1 Å². The van der Waals surface area contributed by atoms with E-state index in [2.05, 4.69) is 10.3 Å². The van der Waals surface area contributed by atoms with Gasteiger partial charge in [0.25, 0.3) is 11.5 Å². The summed E-state index contributed by atoms with van der Waals surface area (Å²) >= 11 is 13.1. The van der Waals surface area contributed by atoms with E-state index >= 15 is 0 Å². The predicted molar refractivity (Wildman–Crippen MR) is 126 cm³/mol. The number of benzene rings is 1. The number of esters is 1. The van der Waals surface area contributed by atoms with Gasteiger partial charge in [-0.15, -0.1) is 11.3 Å². The highest BCUT2D eigenvalue weighted by atomic mass is 35.5. The van der Waals surface area contributed by atoms with Crippen molar-refractivity contribution in [3.63, 3.8) is 0 Å². The molecule has 0 radical (unpaired) electrons. The Hall–Kier alpha value is -2.42. The minimum Gasteiger partial charge on any atom is -0.448 e. The van der Waals surface area contributed by atoms with Crippen molar-refractivity contribution in [3.8, 4) is 0 Å². The number of aryl methyl sites for hydroxylation is 2. The van der Waals surface area contributed by atoms with Crippen LogP contribution >= 0.6 is 34.5 Å². The summed E-state index contributed by atoms with van der Waals surface area (Å²) in [5.41, 5.74) is 0.768. The minimum absolute atomic E-state index is 0.122. The first-order chi connectivity index (χ1) is 15.3. The van der Waals surface area contributed by atoms with E-state index in [9.17, 15) is 14.4 Å². The maximum Gasteiger partial charge on any atom is 0.349 e. The molecule has 0 saturated carbocycles. The molecule has 2 aromatic heterocycles. The van der Waals surface area contributed by atoms with E-state index in [-0.39, 0.29) is 15.5 Å². The second-order valence-corrected chi connectivity index (χ2v) is 9.54. The van der Waals surface area contributed by atoms with Crippen molar-refractivity contribution in [1.82, 2.24) is 9.55 Å². The Bertz CT molecular complexity index is 1280. The molecule has 3 aromatic rings. The standard InChI is InChI=1S/C22H21Cl2N3O4S/c1-11-17-20(26-16-6-4-3-5-9-27(16)21(17)29)32-18(11)22(30)31-12(2)19(28)25-15-8-7-13(23)10-14(15)24/h7-8,10,12H,3-6,9H2,1-2H3,(H,25,28). The third-order valence-electron chi connectivity index (χ3n) is 5.44. The van der Waals surface area contributed by atoms with E-state index in [0.29, 0.717) is 33.0 Å². The minimum atomic E-state index is -1.08. The number of aromatic nitrogens is 2. The van der Waals surface area contributed by atoms with Crippen molar-refractivity contribution < 1.29 is 14.3 Å². The van der Waals surface area contributed by atoms with Crippen molar-refractivity contribution in [1.29, 1.82) is 0 Å². The lowest BCUT2D eigenvalue weighted by Gasteiger charge is -2.14. The topological polar surface area (TPSA) is 90.3 Å². The van der Waals surface area contributed by atoms with Gasteiger partial charge in [0.15, 0.2) is 6.10 Å². The SMILES string of the molecule is Cc1c(C(=O)OC(C)C(=O)Nc2ccc(Cl)cc2Cl)sc2nc3n(c(=O)c12)CCCCC3. The number of hydrogen-bond donors (Lipinski definition) is 1. The molecule has 0 saturated heterocycles. The van der Waals surface area contributed by atoms with E-state index in [1.54, 1.807) is 23.6 Å². The van der Waals surface area contributed by atoms with Gasteiger partial charge in [0.2, 0.25) is 0 Å². The number of hydrogen-bond acceptors (Lipinski definition) is 6. The normalized spacial score (nSPS) is 14.5. The molecule has 1 amide bonds. The Morgan fingerprint density at radius 3 is 2.78 bits per heavy atom. The third kappa shape index (κ3) is 4.40.